The van der Waals surface area contributed by atoms with Crippen molar-refractivity contribution in [3.63, 3.8) is 0 Å². The van der Waals surface area contributed by atoms with Gasteiger partial charge in [-0.25, -0.2) is 0 Å². The Morgan fingerprint density at radius 3 is 2.96 bits per heavy atom. The molecule has 132 valence electrons. The summed E-state index contributed by atoms with van der Waals surface area (Å²) in [5, 5.41) is 15.9. The molecule has 0 aliphatic carbocycles. The van der Waals surface area contributed by atoms with E-state index in [1.165, 1.54) is 0 Å². The minimum Gasteiger partial charge on any atom is -0.492 e. The molecule has 2 N–H and O–H groups in total. The first-order chi connectivity index (χ1) is 12.7. The van der Waals surface area contributed by atoms with Crippen molar-refractivity contribution in [3.05, 3.63) is 59.9 Å². The molecule has 4 rings (SSSR count). The first-order valence-corrected chi connectivity index (χ1v) is 8.25. The topological polar surface area (TPSA) is 97.3 Å². The van der Waals surface area contributed by atoms with Crippen molar-refractivity contribution in [2.24, 2.45) is 5.92 Å². The Hall–Kier alpha value is -3.35. The highest BCUT2D eigenvalue weighted by molar-refractivity contribution is 5.71. The molecule has 1 aliphatic heterocycles. The van der Waals surface area contributed by atoms with Gasteiger partial charge in [0.1, 0.15) is 24.7 Å². The summed E-state index contributed by atoms with van der Waals surface area (Å²) < 4.78 is 11.3. The second kappa shape index (κ2) is 6.87. The predicted molar refractivity (Wildman–Crippen MR) is 92.9 cm³/mol. The van der Waals surface area contributed by atoms with Crippen molar-refractivity contribution in [3.8, 4) is 22.9 Å². The number of H-pyrrole nitrogens is 1. The monoisotopic (exact) mass is 351 g/mol. The van der Waals surface area contributed by atoms with Gasteiger partial charge in [0.15, 0.2) is 0 Å². The van der Waals surface area contributed by atoms with E-state index in [4.69, 9.17) is 14.6 Å². The summed E-state index contributed by atoms with van der Waals surface area (Å²) >= 11 is 0. The van der Waals surface area contributed by atoms with Gasteiger partial charge in [-0.2, -0.15) is 5.10 Å². The van der Waals surface area contributed by atoms with E-state index in [0.29, 0.717) is 18.8 Å². The number of fused-ring (bicyclic) bond motifs is 1. The van der Waals surface area contributed by atoms with Gasteiger partial charge in [0.2, 0.25) is 0 Å². The maximum atomic E-state index is 11.2. The lowest BCUT2D eigenvalue weighted by molar-refractivity contribution is -0.143. The van der Waals surface area contributed by atoms with Crippen LogP contribution in [0, 0.1) is 5.92 Å². The van der Waals surface area contributed by atoms with E-state index < -0.39 is 11.9 Å². The summed E-state index contributed by atoms with van der Waals surface area (Å²) in [5.41, 5.74) is 3.49. The Balaban J connectivity index is 1.42. The van der Waals surface area contributed by atoms with Gasteiger partial charge in [0.05, 0.1) is 23.5 Å². The lowest BCUT2D eigenvalue weighted by Gasteiger charge is -2.23. The van der Waals surface area contributed by atoms with Crippen LogP contribution in [0.2, 0.25) is 0 Å². The first kappa shape index (κ1) is 16.1. The molecule has 0 saturated carbocycles. The van der Waals surface area contributed by atoms with Gasteiger partial charge >= 0.3 is 5.97 Å². The molecule has 1 unspecified atom stereocenters. The highest BCUT2D eigenvalue weighted by Gasteiger charge is 2.25. The first-order valence-electron chi connectivity index (χ1n) is 8.25. The number of aromatic nitrogens is 3. The lowest BCUT2D eigenvalue weighted by atomic mass is 9.95. The molecule has 1 aliphatic rings. The van der Waals surface area contributed by atoms with Crippen LogP contribution in [0.15, 0.2) is 48.8 Å². The van der Waals surface area contributed by atoms with Gasteiger partial charge in [-0.1, -0.05) is 6.07 Å². The number of carbonyl (C=O) groups is 1. The van der Waals surface area contributed by atoms with Gasteiger partial charge in [-0.05, 0) is 47.9 Å². The zero-order chi connectivity index (χ0) is 17.9. The predicted octanol–water partition coefficient (Wildman–Crippen LogP) is 2.69. The lowest BCUT2D eigenvalue weighted by Crippen LogP contribution is -2.27. The van der Waals surface area contributed by atoms with Crippen LogP contribution < -0.4 is 9.47 Å². The summed E-state index contributed by atoms with van der Waals surface area (Å²) in [5.74, 6) is 0.0705. The molecule has 0 bridgehead atoms. The smallest absolute Gasteiger partial charge is 0.310 e. The molecule has 1 atom stereocenters. The van der Waals surface area contributed by atoms with Crippen LogP contribution >= 0.6 is 0 Å². The van der Waals surface area contributed by atoms with Crippen LogP contribution in [0.3, 0.4) is 0 Å². The summed E-state index contributed by atoms with van der Waals surface area (Å²) in [6, 6.07) is 11.3. The zero-order valence-electron chi connectivity index (χ0n) is 13.9. The molecule has 1 aromatic carbocycles. The maximum Gasteiger partial charge on any atom is 0.310 e. The average Bonchev–Trinajstić information content (AvgIpc) is 3.21. The van der Waals surface area contributed by atoms with Crippen molar-refractivity contribution in [1.82, 2.24) is 15.2 Å². The third-order valence-corrected chi connectivity index (χ3v) is 4.30. The van der Waals surface area contributed by atoms with Gasteiger partial charge in [0.25, 0.3) is 0 Å². The molecule has 7 heteroatoms. The van der Waals surface area contributed by atoms with E-state index in [2.05, 4.69) is 15.2 Å². The second-order valence-electron chi connectivity index (χ2n) is 6.13. The van der Waals surface area contributed by atoms with Crippen LogP contribution in [-0.4, -0.2) is 32.9 Å². The fraction of sp³-hybridized carbons (Fsp3) is 0.211. The second-order valence-corrected chi connectivity index (χ2v) is 6.13. The summed E-state index contributed by atoms with van der Waals surface area (Å²) in [6.45, 7) is 0.586. The Morgan fingerprint density at radius 1 is 1.31 bits per heavy atom. The number of nitrogens with one attached hydrogen (secondary N) is 1. The van der Waals surface area contributed by atoms with Gasteiger partial charge in [-0.3, -0.25) is 14.9 Å². The van der Waals surface area contributed by atoms with Gasteiger partial charge in [-0.15, -0.1) is 0 Å². The zero-order valence-corrected chi connectivity index (χ0v) is 13.9. The van der Waals surface area contributed by atoms with Crippen LogP contribution in [0.1, 0.15) is 11.1 Å². The van der Waals surface area contributed by atoms with Crippen LogP contribution in [0.5, 0.6) is 11.5 Å². The maximum absolute atomic E-state index is 11.2. The number of hydrogen-bond acceptors (Lipinski definition) is 5. The quantitative estimate of drug-likeness (QED) is 0.733. The van der Waals surface area contributed by atoms with E-state index in [1.54, 1.807) is 12.4 Å². The number of rotatable bonds is 5. The van der Waals surface area contributed by atoms with Crippen LogP contribution in [0.25, 0.3) is 11.4 Å². The minimum atomic E-state index is -0.833. The van der Waals surface area contributed by atoms with Crippen molar-refractivity contribution >= 4 is 5.97 Å². The number of nitrogens with zero attached hydrogens (tertiary/aromatic N) is 2. The van der Waals surface area contributed by atoms with Gasteiger partial charge in [0, 0.05) is 6.20 Å². The Bertz CT molecular complexity index is 907. The molecular weight excluding hydrogens is 334 g/mol. The van der Waals surface area contributed by atoms with E-state index in [1.807, 2.05) is 36.4 Å². The molecule has 0 saturated heterocycles. The molecule has 0 spiro atoms. The summed E-state index contributed by atoms with van der Waals surface area (Å²) in [6.07, 6.45) is 3.81. The number of carboxylic acid groups (broad SMARTS) is 1. The number of pyridine rings is 1. The molecular formula is C19H17N3O4. The van der Waals surface area contributed by atoms with Crippen molar-refractivity contribution in [2.45, 2.75) is 13.0 Å². The highest BCUT2D eigenvalue weighted by Crippen LogP contribution is 2.29. The van der Waals surface area contributed by atoms with Crippen molar-refractivity contribution in [1.29, 1.82) is 0 Å². The molecule has 2 aromatic heterocycles. The largest absolute Gasteiger partial charge is 0.492 e. The normalized spacial score (nSPS) is 15.8. The van der Waals surface area contributed by atoms with E-state index >= 15 is 0 Å². The number of hydrogen-bond donors (Lipinski definition) is 2. The molecule has 0 radical (unpaired) electrons. The van der Waals surface area contributed by atoms with E-state index in [9.17, 15) is 4.79 Å². The SMILES string of the molecule is O=C(O)C1COc2ccc(COc3ccc(-c4ccn[nH]4)nc3)cc2C1. The van der Waals surface area contributed by atoms with Crippen LogP contribution in [0.4, 0.5) is 0 Å². The summed E-state index contributed by atoms with van der Waals surface area (Å²) in [7, 11) is 0. The van der Waals surface area contributed by atoms with Gasteiger partial charge < -0.3 is 14.6 Å². The Morgan fingerprint density at radius 2 is 2.23 bits per heavy atom. The molecule has 0 fully saturated rings. The molecule has 26 heavy (non-hydrogen) atoms. The fourth-order valence-corrected chi connectivity index (χ4v) is 2.89. The number of aliphatic carboxylic acids is 1. The standard InChI is InChI=1S/C19H17N3O4/c23-19(24)14-8-13-7-12(1-4-18(13)26-11-14)10-25-15-2-3-16(20-9-15)17-5-6-21-22-17/h1-7,9,14H,8,10-11H2,(H,21,22)(H,23,24). The number of ether oxygens (including phenoxy) is 2. The molecule has 0 amide bonds. The number of aromatic amines is 1. The van der Waals surface area contributed by atoms with E-state index in [0.717, 1.165) is 28.3 Å². The molecule has 3 heterocycles. The van der Waals surface area contributed by atoms with Crippen LogP contribution in [-0.2, 0) is 17.8 Å². The highest BCUT2D eigenvalue weighted by atomic mass is 16.5. The number of benzene rings is 1. The third kappa shape index (κ3) is 3.37. The third-order valence-electron chi connectivity index (χ3n) is 4.30. The minimum absolute atomic E-state index is 0.215. The van der Waals surface area contributed by atoms with E-state index in [-0.39, 0.29) is 6.61 Å². The van der Waals surface area contributed by atoms with Crippen molar-refractivity contribution in [2.75, 3.05) is 6.61 Å². The molecule has 3 aromatic rings. The summed E-state index contributed by atoms with van der Waals surface area (Å²) in [4.78, 5) is 15.5. The van der Waals surface area contributed by atoms with Crippen molar-refractivity contribution < 1.29 is 19.4 Å². The fourth-order valence-electron chi connectivity index (χ4n) is 2.89. The average molecular weight is 351 g/mol. The molecule has 7 nitrogen and oxygen atoms in total. The Labute approximate surface area is 149 Å². The Kier molecular flexibility index (Phi) is 4.27. The number of carboxylic acids is 1.